The molecule has 3 aromatic rings. The van der Waals surface area contributed by atoms with Crippen LogP contribution in [0.3, 0.4) is 0 Å². The van der Waals surface area contributed by atoms with Gasteiger partial charge in [-0.05, 0) is 24.1 Å². The van der Waals surface area contributed by atoms with Crippen molar-refractivity contribution in [3.8, 4) is 35.3 Å². The number of carbonyl (C=O) groups excluding carboxylic acids is 2. The lowest BCUT2D eigenvalue weighted by Crippen LogP contribution is -2.58. The molecule has 0 fully saturated rings. The quantitative estimate of drug-likeness (QED) is 0.339. The van der Waals surface area contributed by atoms with Crippen LogP contribution in [0.1, 0.15) is 40.7 Å². The highest BCUT2D eigenvalue weighted by Crippen LogP contribution is 2.56. The zero-order valence-corrected chi connectivity index (χ0v) is 25.3. The molecule has 3 aliphatic rings. The summed E-state index contributed by atoms with van der Waals surface area (Å²) >= 11 is 6.60. The molecule has 3 heterocycles. The summed E-state index contributed by atoms with van der Waals surface area (Å²) in [6.07, 6.45) is 5.50. The molecule has 2 aliphatic heterocycles. The summed E-state index contributed by atoms with van der Waals surface area (Å²) < 4.78 is 25.0. The average molecular weight is 618 g/mol. The van der Waals surface area contributed by atoms with Crippen LogP contribution in [0.15, 0.2) is 51.2 Å². The summed E-state index contributed by atoms with van der Waals surface area (Å²) in [5, 5.41) is 3.23. The topological polar surface area (TPSA) is 127 Å². The Morgan fingerprint density at radius 1 is 1.07 bits per heavy atom. The van der Waals surface area contributed by atoms with Gasteiger partial charge in [-0.15, -0.1) is 6.42 Å². The summed E-state index contributed by atoms with van der Waals surface area (Å²) in [7, 11) is 5.72. The summed E-state index contributed by atoms with van der Waals surface area (Å²) in [4.78, 5) is 55.9. The van der Waals surface area contributed by atoms with Gasteiger partial charge in [0, 0.05) is 43.3 Å². The van der Waals surface area contributed by atoms with Crippen molar-refractivity contribution in [1.82, 2.24) is 9.13 Å². The van der Waals surface area contributed by atoms with E-state index in [1.165, 1.54) is 31.9 Å². The number of anilines is 1. The predicted octanol–water partition coefficient (Wildman–Crippen LogP) is 3.20. The van der Waals surface area contributed by atoms with Crippen LogP contribution in [-0.2, 0) is 18.9 Å². The van der Waals surface area contributed by atoms with Gasteiger partial charge < -0.3 is 24.3 Å². The number of ether oxygens (including phenoxy) is 4. The number of methoxy groups -OCH3 is 2. The smallest absolute Gasteiger partial charge is 0.332 e. The number of nitrogens with one attached hydrogen (secondary N) is 1. The highest BCUT2D eigenvalue weighted by molar-refractivity contribution is 6.36. The van der Waals surface area contributed by atoms with E-state index < -0.39 is 40.3 Å². The number of aromatic nitrogens is 2. The van der Waals surface area contributed by atoms with E-state index in [-0.39, 0.29) is 57.8 Å². The predicted molar refractivity (Wildman–Crippen MR) is 161 cm³/mol. The SMILES string of the molecule is C#CCOc1ccc([C@@H]2C3=C(C[C@@H](C)[C@]4(Oc5c(Cl)c(OC)cc(OC)c5C4=O)C3=O)Nc3c2c(=O)n(C)c(=O)n3C)cc1. The number of hydrogen-bond acceptors (Lipinski definition) is 9. The number of hydrogen-bond donors (Lipinski definition) is 1. The van der Waals surface area contributed by atoms with Gasteiger partial charge in [-0.2, -0.15) is 0 Å². The van der Waals surface area contributed by atoms with Crippen LogP contribution in [0.2, 0.25) is 5.02 Å². The van der Waals surface area contributed by atoms with Gasteiger partial charge in [0.1, 0.15) is 40.3 Å². The maximum Gasteiger partial charge on any atom is 0.332 e. The molecule has 11 nitrogen and oxygen atoms in total. The fourth-order valence-corrected chi connectivity index (χ4v) is 6.67. The molecule has 0 amide bonds. The van der Waals surface area contributed by atoms with Gasteiger partial charge in [0.05, 0.1) is 19.8 Å². The van der Waals surface area contributed by atoms with E-state index >= 15 is 0 Å². The van der Waals surface area contributed by atoms with E-state index in [0.717, 1.165) is 4.57 Å². The third-order valence-corrected chi connectivity index (χ3v) is 8.97. The Morgan fingerprint density at radius 2 is 1.75 bits per heavy atom. The van der Waals surface area contributed by atoms with E-state index in [0.29, 0.717) is 17.0 Å². The Labute approximate surface area is 256 Å². The number of terminal acetylenes is 1. The third-order valence-electron chi connectivity index (χ3n) is 8.61. The van der Waals surface area contributed by atoms with Crippen LogP contribution < -0.4 is 35.5 Å². The second kappa shape index (κ2) is 10.3. The molecule has 226 valence electrons. The molecule has 1 spiro atoms. The van der Waals surface area contributed by atoms with Crippen LogP contribution in [0, 0.1) is 18.3 Å². The van der Waals surface area contributed by atoms with E-state index in [1.54, 1.807) is 38.2 Å². The van der Waals surface area contributed by atoms with Crippen LogP contribution in [0.25, 0.3) is 0 Å². The first-order valence-corrected chi connectivity index (χ1v) is 14.1. The molecule has 44 heavy (non-hydrogen) atoms. The molecule has 0 unspecified atom stereocenters. The third kappa shape index (κ3) is 3.84. The Balaban J connectivity index is 1.58. The molecule has 1 aliphatic carbocycles. The molecular formula is C32H28ClN3O8. The lowest BCUT2D eigenvalue weighted by Gasteiger charge is -2.42. The number of fused-ring (bicyclic) bond motifs is 2. The maximum atomic E-state index is 14.9. The van der Waals surface area contributed by atoms with Gasteiger partial charge in [-0.3, -0.25) is 23.5 Å². The molecule has 3 atom stereocenters. The first-order chi connectivity index (χ1) is 21.0. The number of nitrogens with zero attached hydrogens (tertiary/aromatic N) is 2. The molecule has 2 aromatic carbocycles. The molecule has 0 saturated heterocycles. The first kappa shape index (κ1) is 29.1. The summed E-state index contributed by atoms with van der Waals surface area (Å²) in [6.45, 7) is 1.79. The molecule has 0 bridgehead atoms. The largest absolute Gasteiger partial charge is 0.496 e. The van der Waals surface area contributed by atoms with E-state index in [1.807, 2.05) is 0 Å². The lowest BCUT2D eigenvalue weighted by atomic mass is 9.66. The summed E-state index contributed by atoms with van der Waals surface area (Å²) in [5.74, 6) is 0.645. The Bertz CT molecular complexity index is 1970. The van der Waals surface area contributed by atoms with Gasteiger partial charge in [-0.1, -0.05) is 36.6 Å². The van der Waals surface area contributed by atoms with Crippen molar-refractivity contribution < 1.29 is 28.5 Å². The molecule has 1 N–H and O–H groups in total. The number of Topliss-reactive ketones (excluding diaryl/α,β-unsaturated/α-hetero) is 2. The second-order valence-electron chi connectivity index (χ2n) is 10.9. The minimum Gasteiger partial charge on any atom is -0.496 e. The van der Waals surface area contributed by atoms with Crippen LogP contribution >= 0.6 is 11.6 Å². The second-order valence-corrected chi connectivity index (χ2v) is 11.3. The van der Waals surface area contributed by atoms with Crippen LogP contribution in [-0.4, -0.2) is 47.1 Å². The Hall–Kier alpha value is -4.95. The van der Waals surface area contributed by atoms with Crippen molar-refractivity contribution in [3.63, 3.8) is 0 Å². The summed E-state index contributed by atoms with van der Waals surface area (Å²) in [6, 6.07) is 8.26. The van der Waals surface area contributed by atoms with Crippen LogP contribution in [0.5, 0.6) is 23.0 Å². The number of benzene rings is 2. The molecule has 12 heteroatoms. The van der Waals surface area contributed by atoms with Crippen molar-refractivity contribution in [2.75, 3.05) is 26.1 Å². The minimum atomic E-state index is -2.00. The van der Waals surface area contributed by atoms with Crippen molar-refractivity contribution in [2.45, 2.75) is 24.9 Å². The zero-order valence-electron chi connectivity index (χ0n) is 24.6. The standard InChI is InChI=1S/C32H28ClN3O8/c1-7-12-43-17-10-8-16(9-11-17)21-22-18(34-29-24(21)30(39)36(4)31(40)35(29)3)13-15(2)32(27(22)37)28(38)23-19(41-5)14-20(42-6)25(33)26(23)44-32/h1,8-11,14-15,21,34H,12-13H2,2-6H3/t15-,21-,32+/m1/s1. The van der Waals surface area contributed by atoms with Crippen LogP contribution in [0.4, 0.5) is 5.82 Å². The van der Waals surface area contributed by atoms with Crippen molar-refractivity contribution in [1.29, 1.82) is 0 Å². The molecule has 1 aromatic heterocycles. The highest BCUT2D eigenvalue weighted by atomic mass is 35.5. The van der Waals surface area contributed by atoms with E-state index in [9.17, 15) is 19.2 Å². The highest BCUT2D eigenvalue weighted by Gasteiger charge is 2.63. The normalized spacial score (nSPS) is 21.6. The molecule has 6 rings (SSSR count). The molecule has 0 radical (unpaired) electrons. The van der Waals surface area contributed by atoms with E-state index in [4.69, 9.17) is 37.0 Å². The van der Waals surface area contributed by atoms with Gasteiger partial charge in [0.15, 0.2) is 5.75 Å². The lowest BCUT2D eigenvalue weighted by molar-refractivity contribution is -0.130. The monoisotopic (exact) mass is 617 g/mol. The fourth-order valence-electron chi connectivity index (χ4n) is 6.40. The molecule has 0 saturated carbocycles. The number of carbonyl (C=O) groups is 2. The number of rotatable bonds is 5. The van der Waals surface area contributed by atoms with Gasteiger partial charge in [0.25, 0.3) is 5.56 Å². The number of halogens is 1. The first-order valence-electron chi connectivity index (χ1n) is 13.7. The zero-order chi connectivity index (χ0) is 31.7. The van der Waals surface area contributed by atoms with Crippen molar-refractivity contribution >= 4 is 29.0 Å². The fraction of sp³-hybridized carbons (Fsp3) is 0.312. The van der Waals surface area contributed by atoms with Gasteiger partial charge >= 0.3 is 5.69 Å². The van der Waals surface area contributed by atoms with Crippen molar-refractivity contribution in [3.05, 3.63) is 84.2 Å². The van der Waals surface area contributed by atoms with Gasteiger partial charge in [0.2, 0.25) is 17.2 Å². The number of ketones is 2. The van der Waals surface area contributed by atoms with Gasteiger partial charge in [-0.25, -0.2) is 4.79 Å². The van der Waals surface area contributed by atoms with Crippen molar-refractivity contribution in [2.24, 2.45) is 20.0 Å². The number of allylic oxidation sites excluding steroid dienone is 1. The Kier molecular flexibility index (Phi) is 6.85. The average Bonchev–Trinajstić information content (AvgIpc) is 3.34. The van der Waals surface area contributed by atoms with E-state index in [2.05, 4.69) is 11.2 Å². The molecular weight excluding hydrogens is 590 g/mol. The Morgan fingerprint density at radius 3 is 2.39 bits per heavy atom. The summed E-state index contributed by atoms with van der Waals surface area (Å²) in [5.41, 5.74) is -1.70. The maximum absolute atomic E-state index is 14.9. The minimum absolute atomic E-state index is 0.00818.